The molecule has 0 aromatic carbocycles. The molecule has 0 aliphatic rings. The zero-order valence-corrected chi connectivity index (χ0v) is 15.0. The highest BCUT2D eigenvalue weighted by Crippen LogP contribution is 2.31. The lowest BCUT2D eigenvalue weighted by molar-refractivity contribution is 0.608. The number of rotatable bonds is 10. The molecule has 0 heterocycles. The third-order valence-electron chi connectivity index (χ3n) is 3.21. The van der Waals surface area contributed by atoms with E-state index in [0.29, 0.717) is 5.92 Å². The minimum atomic E-state index is 0.485. The molecule has 20 heavy (non-hydrogen) atoms. The maximum Gasteiger partial charge on any atom is -0.00832 e. The Labute approximate surface area is 138 Å². The molecular weight excluding hydrogens is 355 g/mol. The summed E-state index contributed by atoms with van der Waals surface area (Å²) in [5, 5.41) is 0. The zero-order valence-electron chi connectivity index (χ0n) is 12.9. The molecule has 1 atom stereocenters. The van der Waals surface area contributed by atoms with E-state index in [2.05, 4.69) is 74.4 Å². The van der Waals surface area contributed by atoms with E-state index in [0.717, 1.165) is 19.3 Å². The second-order valence-electron chi connectivity index (χ2n) is 4.76. The molecule has 0 N–H and O–H groups in total. The van der Waals surface area contributed by atoms with Crippen LogP contribution in [0.25, 0.3) is 0 Å². The predicted molar refractivity (Wildman–Crippen MR) is 102 cm³/mol. The topological polar surface area (TPSA) is 0 Å². The summed E-state index contributed by atoms with van der Waals surface area (Å²) in [7, 11) is 0. The lowest BCUT2D eigenvalue weighted by atomic mass is 9.87. The van der Waals surface area contributed by atoms with Crippen molar-refractivity contribution in [3.8, 4) is 0 Å². The molecule has 0 amide bonds. The molecule has 1 heteroatoms. The molecule has 0 aliphatic heterocycles. The van der Waals surface area contributed by atoms with E-state index in [1.165, 1.54) is 21.1 Å². The molecule has 0 aromatic rings. The molecule has 0 bridgehead atoms. The highest BCUT2D eigenvalue weighted by molar-refractivity contribution is 14.1. The second kappa shape index (κ2) is 12.0. The molecule has 110 valence electrons. The molecule has 1 unspecified atom stereocenters. The normalized spacial score (nSPS) is 14.8. The van der Waals surface area contributed by atoms with Crippen LogP contribution in [-0.2, 0) is 0 Å². The quantitative estimate of drug-likeness (QED) is 0.284. The highest BCUT2D eigenvalue weighted by Gasteiger charge is 2.14. The first-order chi connectivity index (χ1) is 9.62. The summed E-state index contributed by atoms with van der Waals surface area (Å²) in [6, 6.07) is 0. The van der Waals surface area contributed by atoms with E-state index >= 15 is 0 Å². The summed E-state index contributed by atoms with van der Waals surface area (Å²) >= 11 is 2.40. The van der Waals surface area contributed by atoms with Gasteiger partial charge in [0.05, 0.1) is 0 Å². The van der Waals surface area contributed by atoms with Crippen molar-refractivity contribution in [2.24, 2.45) is 5.92 Å². The Kier molecular flexibility index (Phi) is 11.5. The summed E-state index contributed by atoms with van der Waals surface area (Å²) in [6.45, 7) is 15.9. The molecule has 0 spiro atoms. The van der Waals surface area contributed by atoms with Crippen LogP contribution in [-0.4, -0.2) is 0 Å². The number of halogens is 1. The molecule has 0 nitrogen and oxygen atoms in total. The van der Waals surface area contributed by atoms with Gasteiger partial charge in [-0.3, -0.25) is 0 Å². The molecule has 0 aliphatic carbocycles. The van der Waals surface area contributed by atoms with E-state index < -0.39 is 0 Å². The standard InChI is InChI=1S/C19H27I/c1-6-11-16(12-7-2)14-18(17(9-4)10-5)15-19(20)13-8-3/h6,8-11,13,18H,1,3-4,7,12,14-15H2,2,5H3/b16-11+,17-10+,19-13+. The number of hydrogen-bond donors (Lipinski definition) is 0. The fourth-order valence-corrected chi connectivity index (χ4v) is 3.10. The van der Waals surface area contributed by atoms with Gasteiger partial charge in [0, 0.05) is 0 Å². The number of hydrogen-bond acceptors (Lipinski definition) is 0. The van der Waals surface area contributed by atoms with Crippen molar-refractivity contribution < 1.29 is 0 Å². The summed E-state index contributed by atoms with van der Waals surface area (Å²) in [4.78, 5) is 0. The van der Waals surface area contributed by atoms with Gasteiger partial charge in [0.2, 0.25) is 0 Å². The predicted octanol–water partition coefficient (Wildman–Crippen LogP) is 6.93. The zero-order chi connectivity index (χ0) is 15.4. The van der Waals surface area contributed by atoms with Crippen LogP contribution >= 0.6 is 22.6 Å². The van der Waals surface area contributed by atoms with Gasteiger partial charge in [0.25, 0.3) is 0 Å². The SMILES string of the molecule is C=C/C=C(/I)CC(C/C(=C/C=C)CCC)/C(C=C)=C/C. The summed E-state index contributed by atoms with van der Waals surface area (Å²) in [5.74, 6) is 0.485. The Hall–Kier alpha value is -0.830. The molecular formula is C19H27I. The van der Waals surface area contributed by atoms with E-state index in [1.807, 2.05) is 18.2 Å². The van der Waals surface area contributed by atoms with Crippen LogP contribution in [0, 0.1) is 5.92 Å². The largest absolute Gasteiger partial charge is 0.0991 e. The van der Waals surface area contributed by atoms with Crippen LogP contribution in [0.4, 0.5) is 0 Å². The minimum absolute atomic E-state index is 0.485. The van der Waals surface area contributed by atoms with Gasteiger partial charge in [0.1, 0.15) is 0 Å². The first-order valence-corrected chi connectivity index (χ1v) is 8.26. The molecule has 0 radical (unpaired) electrons. The highest BCUT2D eigenvalue weighted by atomic mass is 127. The van der Waals surface area contributed by atoms with Gasteiger partial charge in [-0.2, -0.15) is 0 Å². The molecule has 0 fully saturated rings. The van der Waals surface area contributed by atoms with E-state index in [-0.39, 0.29) is 0 Å². The minimum Gasteiger partial charge on any atom is -0.0991 e. The second-order valence-corrected chi connectivity index (χ2v) is 6.14. The third kappa shape index (κ3) is 7.68. The van der Waals surface area contributed by atoms with Crippen LogP contribution in [0.5, 0.6) is 0 Å². The summed E-state index contributed by atoms with van der Waals surface area (Å²) in [6.07, 6.45) is 16.6. The smallest absolute Gasteiger partial charge is 0.00832 e. The Morgan fingerprint density at radius 3 is 2.20 bits per heavy atom. The molecule has 0 saturated carbocycles. The summed E-state index contributed by atoms with van der Waals surface area (Å²) in [5.41, 5.74) is 2.79. The fraction of sp³-hybridized carbons (Fsp3) is 0.368. The van der Waals surface area contributed by atoms with Crippen LogP contribution in [0.1, 0.15) is 39.5 Å². The first-order valence-electron chi connectivity index (χ1n) is 7.19. The van der Waals surface area contributed by atoms with Crippen LogP contribution in [0.3, 0.4) is 0 Å². The number of allylic oxidation sites excluding steroid dienone is 9. The Morgan fingerprint density at radius 1 is 1.10 bits per heavy atom. The van der Waals surface area contributed by atoms with E-state index in [4.69, 9.17) is 0 Å². The van der Waals surface area contributed by atoms with Crippen LogP contribution < -0.4 is 0 Å². The Morgan fingerprint density at radius 2 is 1.75 bits per heavy atom. The average Bonchev–Trinajstić information content (AvgIpc) is 2.40. The maximum atomic E-state index is 3.96. The Balaban J connectivity index is 5.15. The first kappa shape index (κ1) is 19.2. The van der Waals surface area contributed by atoms with Gasteiger partial charge in [-0.25, -0.2) is 0 Å². The van der Waals surface area contributed by atoms with E-state index in [1.54, 1.807) is 0 Å². The van der Waals surface area contributed by atoms with Gasteiger partial charge < -0.3 is 0 Å². The van der Waals surface area contributed by atoms with Crippen LogP contribution in [0.2, 0.25) is 0 Å². The van der Waals surface area contributed by atoms with Gasteiger partial charge in [0.15, 0.2) is 0 Å². The van der Waals surface area contributed by atoms with Crippen LogP contribution in [0.15, 0.2) is 70.9 Å². The van der Waals surface area contributed by atoms with E-state index in [9.17, 15) is 0 Å². The van der Waals surface area contributed by atoms with Crippen molar-refractivity contribution in [2.75, 3.05) is 0 Å². The lowest BCUT2D eigenvalue weighted by Crippen LogP contribution is -2.05. The van der Waals surface area contributed by atoms with Crippen molar-refractivity contribution in [3.05, 3.63) is 70.9 Å². The van der Waals surface area contributed by atoms with Gasteiger partial charge in [-0.15, -0.1) is 0 Å². The third-order valence-corrected chi connectivity index (χ3v) is 4.01. The molecule has 0 saturated heterocycles. The van der Waals surface area contributed by atoms with Crippen molar-refractivity contribution in [2.45, 2.75) is 39.5 Å². The molecule has 0 rings (SSSR count). The maximum absolute atomic E-state index is 3.96. The van der Waals surface area contributed by atoms with Crippen molar-refractivity contribution in [1.29, 1.82) is 0 Å². The van der Waals surface area contributed by atoms with Crippen molar-refractivity contribution in [1.82, 2.24) is 0 Å². The van der Waals surface area contributed by atoms with Gasteiger partial charge in [-0.05, 0) is 63.8 Å². The van der Waals surface area contributed by atoms with Gasteiger partial charge in [-0.1, -0.05) is 75.1 Å². The fourth-order valence-electron chi connectivity index (χ4n) is 2.32. The van der Waals surface area contributed by atoms with Crippen molar-refractivity contribution in [3.63, 3.8) is 0 Å². The lowest BCUT2D eigenvalue weighted by Gasteiger charge is -2.20. The molecule has 0 aromatic heterocycles. The van der Waals surface area contributed by atoms with Gasteiger partial charge >= 0.3 is 0 Å². The Bertz CT molecular complexity index is 407. The van der Waals surface area contributed by atoms with Crippen molar-refractivity contribution >= 4 is 22.6 Å². The monoisotopic (exact) mass is 382 g/mol. The average molecular weight is 382 g/mol. The summed E-state index contributed by atoms with van der Waals surface area (Å²) < 4.78 is 1.33.